The van der Waals surface area contributed by atoms with Crippen LogP contribution in [0.15, 0.2) is 12.4 Å². The minimum absolute atomic E-state index is 0.0919. The summed E-state index contributed by atoms with van der Waals surface area (Å²) in [6, 6.07) is 0. The zero-order valence-electron chi connectivity index (χ0n) is 8.08. The molecule has 13 heavy (non-hydrogen) atoms. The Hall–Kier alpha value is -1.32. The van der Waals surface area contributed by atoms with Crippen LogP contribution in [0.4, 0.5) is 0 Å². The molecule has 1 aromatic heterocycles. The van der Waals surface area contributed by atoms with Gasteiger partial charge in [0.2, 0.25) is 5.91 Å². The van der Waals surface area contributed by atoms with Gasteiger partial charge in [0.15, 0.2) is 0 Å². The van der Waals surface area contributed by atoms with Crippen LogP contribution in [0, 0.1) is 0 Å². The maximum absolute atomic E-state index is 10.9. The summed E-state index contributed by atoms with van der Waals surface area (Å²) in [5.74, 6) is 1.09. The van der Waals surface area contributed by atoms with Crippen LogP contribution >= 0.6 is 0 Å². The molecule has 1 aromatic rings. The molecule has 0 saturated carbocycles. The Morgan fingerprint density at radius 1 is 1.69 bits per heavy atom. The maximum atomic E-state index is 10.9. The fourth-order valence-electron chi connectivity index (χ4n) is 1.08. The first-order chi connectivity index (χ1) is 6.24. The first-order valence-corrected chi connectivity index (χ1v) is 4.47. The van der Waals surface area contributed by atoms with Gasteiger partial charge >= 0.3 is 0 Å². The number of carbonyl (C=O) groups is 1. The van der Waals surface area contributed by atoms with E-state index in [1.54, 1.807) is 6.20 Å². The lowest BCUT2D eigenvalue weighted by atomic mass is 10.3. The van der Waals surface area contributed by atoms with Crippen molar-refractivity contribution in [1.82, 2.24) is 14.9 Å². The van der Waals surface area contributed by atoms with E-state index in [1.807, 2.05) is 24.7 Å². The highest BCUT2D eigenvalue weighted by molar-refractivity contribution is 5.75. The van der Waals surface area contributed by atoms with Gasteiger partial charge in [-0.3, -0.25) is 4.79 Å². The summed E-state index contributed by atoms with van der Waals surface area (Å²) >= 11 is 0. The SMILES string of the molecule is CCC(=O)NCCc1nccn1C. The molecular weight excluding hydrogens is 166 g/mol. The number of nitrogens with zero attached hydrogens (tertiary/aromatic N) is 2. The molecule has 0 radical (unpaired) electrons. The molecular formula is C9H15N3O. The molecule has 0 aliphatic rings. The Labute approximate surface area is 78.0 Å². The Kier molecular flexibility index (Phi) is 3.49. The molecule has 4 heteroatoms. The van der Waals surface area contributed by atoms with Gasteiger partial charge in [-0.2, -0.15) is 0 Å². The average molecular weight is 181 g/mol. The van der Waals surface area contributed by atoms with Gasteiger partial charge in [0.1, 0.15) is 5.82 Å². The van der Waals surface area contributed by atoms with Crippen LogP contribution in [-0.4, -0.2) is 22.0 Å². The summed E-state index contributed by atoms with van der Waals surface area (Å²) in [5, 5.41) is 2.81. The van der Waals surface area contributed by atoms with Crippen LogP contribution in [0.3, 0.4) is 0 Å². The van der Waals surface area contributed by atoms with Crippen molar-refractivity contribution in [3.8, 4) is 0 Å². The van der Waals surface area contributed by atoms with Gasteiger partial charge in [-0.25, -0.2) is 4.98 Å². The standard InChI is InChI=1S/C9H15N3O/c1-3-9(13)11-5-4-8-10-6-7-12(8)2/h6-7H,3-5H2,1-2H3,(H,11,13). The third kappa shape index (κ3) is 2.89. The van der Waals surface area contributed by atoms with Crippen LogP contribution in [0.1, 0.15) is 19.2 Å². The predicted molar refractivity (Wildman–Crippen MR) is 50.2 cm³/mol. The van der Waals surface area contributed by atoms with Crippen LogP contribution < -0.4 is 5.32 Å². The number of amides is 1. The molecule has 0 unspecified atom stereocenters. The molecule has 1 rings (SSSR count). The van der Waals surface area contributed by atoms with Crippen molar-refractivity contribution in [3.63, 3.8) is 0 Å². The van der Waals surface area contributed by atoms with E-state index in [4.69, 9.17) is 0 Å². The quantitative estimate of drug-likeness (QED) is 0.734. The third-order valence-electron chi connectivity index (χ3n) is 1.91. The van der Waals surface area contributed by atoms with E-state index in [1.165, 1.54) is 0 Å². The molecule has 0 aromatic carbocycles. The number of carbonyl (C=O) groups excluding carboxylic acids is 1. The van der Waals surface area contributed by atoms with Crippen LogP contribution in [-0.2, 0) is 18.3 Å². The Morgan fingerprint density at radius 2 is 2.46 bits per heavy atom. The topological polar surface area (TPSA) is 46.9 Å². The second kappa shape index (κ2) is 4.64. The first kappa shape index (κ1) is 9.77. The van der Waals surface area contributed by atoms with Crippen LogP contribution in [0.25, 0.3) is 0 Å². The number of imidazole rings is 1. The van der Waals surface area contributed by atoms with Crippen LogP contribution in [0.2, 0.25) is 0 Å². The molecule has 0 fully saturated rings. The zero-order valence-corrected chi connectivity index (χ0v) is 8.08. The average Bonchev–Trinajstić information content (AvgIpc) is 2.52. The molecule has 0 spiro atoms. The van der Waals surface area contributed by atoms with Gasteiger partial charge in [0.05, 0.1) is 0 Å². The van der Waals surface area contributed by atoms with E-state index < -0.39 is 0 Å². The molecule has 4 nitrogen and oxygen atoms in total. The minimum atomic E-state index is 0.0919. The fraction of sp³-hybridized carbons (Fsp3) is 0.556. The second-order valence-electron chi connectivity index (χ2n) is 2.91. The normalized spacial score (nSPS) is 10.0. The summed E-state index contributed by atoms with van der Waals surface area (Å²) < 4.78 is 1.96. The fourth-order valence-corrected chi connectivity index (χ4v) is 1.08. The van der Waals surface area contributed by atoms with E-state index in [9.17, 15) is 4.79 Å². The predicted octanol–water partition coefficient (Wildman–Crippen LogP) is 0.489. The van der Waals surface area contributed by atoms with E-state index in [0.29, 0.717) is 13.0 Å². The van der Waals surface area contributed by atoms with Gasteiger partial charge in [0.25, 0.3) is 0 Å². The number of nitrogens with one attached hydrogen (secondary N) is 1. The summed E-state index contributed by atoms with van der Waals surface area (Å²) in [4.78, 5) is 15.0. The lowest BCUT2D eigenvalue weighted by molar-refractivity contribution is -0.120. The molecule has 0 bridgehead atoms. The zero-order chi connectivity index (χ0) is 9.68. The van der Waals surface area contributed by atoms with Crippen molar-refractivity contribution in [3.05, 3.63) is 18.2 Å². The highest BCUT2D eigenvalue weighted by Gasteiger charge is 1.99. The van der Waals surface area contributed by atoms with Gasteiger partial charge in [-0.1, -0.05) is 6.92 Å². The molecule has 0 aliphatic carbocycles. The number of hydrogen-bond acceptors (Lipinski definition) is 2. The third-order valence-corrected chi connectivity index (χ3v) is 1.91. The largest absolute Gasteiger partial charge is 0.356 e. The van der Waals surface area contributed by atoms with Gasteiger partial charge < -0.3 is 9.88 Å². The smallest absolute Gasteiger partial charge is 0.219 e. The van der Waals surface area contributed by atoms with E-state index in [2.05, 4.69) is 10.3 Å². The molecule has 0 atom stereocenters. The molecule has 1 amide bonds. The summed E-state index contributed by atoms with van der Waals surface area (Å²) in [5.41, 5.74) is 0. The lowest BCUT2D eigenvalue weighted by Crippen LogP contribution is -2.25. The van der Waals surface area contributed by atoms with E-state index in [0.717, 1.165) is 12.2 Å². The summed E-state index contributed by atoms with van der Waals surface area (Å²) in [6.45, 7) is 2.51. The first-order valence-electron chi connectivity index (χ1n) is 4.47. The van der Waals surface area contributed by atoms with Crippen molar-refractivity contribution in [2.75, 3.05) is 6.54 Å². The Bertz CT molecular complexity index is 280. The maximum Gasteiger partial charge on any atom is 0.219 e. The highest BCUT2D eigenvalue weighted by atomic mass is 16.1. The van der Waals surface area contributed by atoms with Crippen molar-refractivity contribution >= 4 is 5.91 Å². The minimum Gasteiger partial charge on any atom is -0.356 e. The monoisotopic (exact) mass is 181 g/mol. The van der Waals surface area contributed by atoms with Crippen molar-refractivity contribution in [2.24, 2.45) is 7.05 Å². The Balaban J connectivity index is 2.28. The molecule has 1 heterocycles. The highest BCUT2D eigenvalue weighted by Crippen LogP contribution is 1.93. The number of aryl methyl sites for hydroxylation is 1. The lowest BCUT2D eigenvalue weighted by Gasteiger charge is -2.03. The van der Waals surface area contributed by atoms with Gasteiger partial charge in [0, 0.05) is 38.8 Å². The second-order valence-corrected chi connectivity index (χ2v) is 2.91. The van der Waals surface area contributed by atoms with E-state index in [-0.39, 0.29) is 5.91 Å². The van der Waals surface area contributed by atoms with Crippen molar-refractivity contribution in [1.29, 1.82) is 0 Å². The molecule has 0 saturated heterocycles. The van der Waals surface area contributed by atoms with Crippen molar-refractivity contribution in [2.45, 2.75) is 19.8 Å². The number of aromatic nitrogens is 2. The van der Waals surface area contributed by atoms with Crippen molar-refractivity contribution < 1.29 is 4.79 Å². The number of rotatable bonds is 4. The summed E-state index contributed by atoms with van der Waals surface area (Å²) in [6.07, 6.45) is 4.99. The van der Waals surface area contributed by atoms with Crippen LogP contribution in [0.5, 0.6) is 0 Å². The van der Waals surface area contributed by atoms with E-state index >= 15 is 0 Å². The number of hydrogen-bond donors (Lipinski definition) is 1. The molecule has 0 aliphatic heterocycles. The van der Waals surface area contributed by atoms with Gasteiger partial charge in [-0.15, -0.1) is 0 Å². The molecule has 72 valence electrons. The Morgan fingerprint density at radius 3 is 3.00 bits per heavy atom. The molecule has 1 N–H and O–H groups in total. The van der Waals surface area contributed by atoms with Gasteiger partial charge in [-0.05, 0) is 0 Å². The summed E-state index contributed by atoms with van der Waals surface area (Å²) in [7, 11) is 1.95.